The molecule has 0 aliphatic carbocycles. The molecular weight excluding hydrogens is 400 g/mol. The lowest BCUT2D eigenvalue weighted by atomic mass is 10.0. The molecule has 3 heterocycles. The van der Waals surface area contributed by atoms with Gasteiger partial charge in [0.25, 0.3) is 0 Å². The summed E-state index contributed by atoms with van der Waals surface area (Å²) in [7, 11) is 0. The number of hydrogen-bond acceptors (Lipinski definition) is 4. The first-order valence-electron chi connectivity index (χ1n) is 11.9. The van der Waals surface area contributed by atoms with Crippen molar-refractivity contribution >= 4 is 17.6 Å². The summed E-state index contributed by atoms with van der Waals surface area (Å²) in [4.78, 5) is 39.0. The third-order valence-corrected chi connectivity index (χ3v) is 6.66. The van der Waals surface area contributed by atoms with Gasteiger partial charge in [0.1, 0.15) is 11.6 Å². The van der Waals surface area contributed by atoms with Crippen molar-refractivity contribution in [1.29, 1.82) is 0 Å². The quantitative estimate of drug-likeness (QED) is 0.659. The van der Waals surface area contributed by atoms with Crippen LogP contribution in [0.15, 0.2) is 30.3 Å². The number of nitrogens with zero attached hydrogens (tertiary/aromatic N) is 4. The maximum atomic E-state index is 12.8. The zero-order chi connectivity index (χ0) is 22.7. The normalized spacial score (nSPS) is 18.4. The van der Waals surface area contributed by atoms with Crippen LogP contribution >= 0.6 is 0 Å². The molecule has 2 amide bonds. The molecule has 0 N–H and O–H groups in total. The van der Waals surface area contributed by atoms with Crippen LogP contribution < -0.4 is 4.90 Å². The maximum Gasteiger partial charge on any atom is 0.228 e. The Morgan fingerprint density at radius 1 is 1.16 bits per heavy atom. The van der Waals surface area contributed by atoms with Crippen molar-refractivity contribution in [1.82, 2.24) is 14.9 Å². The van der Waals surface area contributed by atoms with E-state index in [0.29, 0.717) is 38.3 Å². The van der Waals surface area contributed by atoms with E-state index in [1.807, 2.05) is 34.9 Å². The summed E-state index contributed by atoms with van der Waals surface area (Å²) >= 11 is 0. The number of likely N-dealkylation sites (tertiary alicyclic amines) is 1. The summed E-state index contributed by atoms with van der Waals surface area (Å²) in [5.74, 6) is 2.60. The second-order valence-electron chi connectivity index (χ2n) is 9.51. The van der Waals surface area contributed by atoms with E-state index in [2.05, 4.69) is 26.0 Å². The molecule has 2 aliphatic rings. The molecule has 4 rings (SSSR count). The van der Waals surface area contributed by atoms with E-state index in [0.717, 1.165) is 48.7 Å². The number of benzene rings is 1. The SMILES string of the molecule is Cc1nc([C@H]2CCN(C(=O)CCc3ccccc3)C2)nc2c1CCC(=O)N2CCC(C)C. The van der Waals surface area contributed by atoms with E-state index >= 15 is 0 Å². The van der Waals surface area contributed by atoms with Crippen LogP contribution in [-0.4, -0.2) is 46.3 Å². The molecule has 6 nitrogen and oxygen atoms in total. The summed E-state index contributed by atoms with van der Waals surface area (Å²) in [6.07, 6.45) is 4.36. The van der Waals surface area contributed by atoms with Crippen LogP contribution in [0.25, 0.3) is 0 Å². The largest absolute Gasteiger partial charge is 0.342 e. The molecular formula is C26H34N4O2. The molecule has 0 bridgehead atoms. The minimum absolute atomic E-state index is 0.128. The highest BCUT2D eigenvalue weighted by Crippen LogP contribution is 2.32. The maximum absolute atomic E-state index is 12.8. The Hall–Kier alpha value is -2.76. The van der Waals surface area contributed by atoms with Crippen molar-refractivity contribution in [2.45, 2.75) is 65.2 Å². The van der Waals surface area contributed by atoms with Gasteiger partial charge in [-0.1, -0.05) is 44.2 Å². The first-order chi connectivity index (χ1) is 15.4. The molecule has 0 spiro atoms. The second kappa shape index (κ2) is 9.80. The molecule has 1 fully saturated rings. The van der Waals surface area contributed by atoms with Crippen molar-refractivity contribution < 1.29 is 9.59 Å². The summed E-state index contributed by atoms with van der Waals surface area (Å²) in [6, 6.07) is 10.1. The van der Waals surface area contributed by atoms with Gasteiger partial charge < -0.3 is 4.90 Å². The molecule has 0 unspecified atom stereocenters. The highest BCUT2D eigenvalue weighted by atomic mass is 16.2. The number of rotatable bonds is 7. The third-order valence-electron chi connectivity index (χ3n) is 6.66. The predicted octanol–water partition coefficient (Wildman–Crippen LogP) is 4.06. The van der Waals surface area contributed by atoms with Gasteiger partial charge in [-0.05, 0) is 44.1 Å². The fraction of sp³-hybridized carbons (Fsp3) is 0.538. The van der Waals surface area contributed by atoms with Crippen molar-refractivity contribution in [2.24, 2.45) is 5.92 Å². The predicted molar refractivity (Wildman–Crippen MR) is 126 cm³/mol. The van der Waals surface area contributed by atoms with Crippen LogP contribution in [0, 0.1) is 12.8 Å². The lowest BCUT2D eigenvalue weighted by molar-refractivity contribution is -0.130. The van der Waals surface area contributed by atoms with Gasteiger partial charge in [0, 0.05) is 49.7 Å². The molecule has 0 saturated carbocycles. The summed E-state index contributed by atoms with van der Waals surface area (Å²) in [5.41, 5.74) is 3.27. The summed E-state index contributed by atoms with van der Waals surface area (Å²) in [6.45, 7) is 8.48. The highest BCUT2D eigenvalue weighted by molar-refractivity contribution is 5.95. The van der Waals surface area contributed by atoms with Gasteiger partial charge in [-0.3, -0.25) is 14.5 Å². The molecule has 1 aromatic heterocycles. The van der Waals surface area contributed by atoms with E-state index in [9.17, 15) is 9.59 Å². The summed E-state index contributed by atoms with van der Waals surface area (Å²) in [5, 5.41) is 0. The van der Waals surface area contributed by atoms with Gasteiger partial charge in [0.2, 0.25) is 11.8 Å². The van der Waals surface area contributed by atoms with Crippen LogP contribution in [0.4, 0.5) is 5.82 Å². The van der Waals surface area contributed by atoms with Crippen LogP contribution in [0.1, 0.15) is 68.1 Å². The third kappa shape index (κ3) is 5.00. The number of carbonyl (C=O) groups excluding carboxylic acids is 2. The number of carbonyl (C=O) groups is 2. The number of aryl methyl sites for hydroxylation is 2. The highest BCUT2D eigenvalue weighted by Gasteiger charge is 2.33. The topological polar surface area (TPSA) is 66.4 Å². The van der Waals surface area contributed by atoms with E-state index in [1.54, 1.807) is 0 Å². The van der Waals surface area contributed by atoms with Gasteiger partial charge in [-0.2, -0.15) is 0 Å². The van der Waals surface area contributed by atoms with Gasteiger partial charge in [0.15, 0.2) is 0 Å². The molecule has 170 valence electrons. The molecule has 1 atom stereocenters. The van der Waals surface area contributed by atoms with E-state index in [1.165, 1.54) is 5.56 Å². The molecule has 2 aromatic rings. The molecule has 6 heteroatoms. The first-order valence-corrected chi connectivity index (χ1v) is 11.9. The van der Waals surface area contributed by atoms with Crippen molar-refractivity contribution in [2.75, 3.05) is 24.5 Å². The zero-order valence-electron chi connectivity index (χ0n) is 19.5. The lowest BCUT2D eigenvalue weighted by Crippen LogP contribution is -2.38. The number of amides is 2. The molecule has 1 saturated heterocycles. The van der Waals surface area contributed by atoms with Crippen LogP contribution in [0.5, 0.6) is 0 Å². The summed E-state index contributed by atoms with van der Waals surface area (Å²) < 4.78 is 0. The minimum Gasteiger partial charge on any atom is -0.342 e. The molecule has 0 radical (unpaired) electrons. The Labute approximate surface area is 191 Å². The average molecular weight is 435 g/mol. The van der Waals surface area contributed by atoms with Crippen LogP contribution in [0.3, 0.4) is 0 Å². The molecule has 2 aliphatic heterocycles. The fourth-order valence-corrected chi connectivity index (χ4v) is 4.66. The van der Waals surface area contributed by atoms with Crippen LogP contribution in [-0.2, 0) is 22.4 Å². The van der Waals surface area contributed by atoms with Gasteiger partial charge in [0.05, 0.1) is 0 Å². The Kier molecular flexibility index (Phi) is 6.87. The van der Waals surface area contributed by atoms with Gasteiger partial charge >= 0.3 is 0 Å². The van der Waals surface area contributed by atoms with Gasteiger partial charge in [-0.15, -0.1) is 0 Å². The monoisotopic (exact) mass is 434 g/mol. The number of anilines is 1. The fourth-order valence-electron chi connectivity index (χ4n) is 4.66. The Morgan fingerprint density at radius 3 is 2.69 bits per heavy atom. The Bertz CT molecular complexity index is 973. The van der Waals surface area contributed by atoms with E-state index < -0.39 is 0 Å². The number of aromatic nitrogens is 2. The standard InChI is InChI=1S/C26H34N4O2/c1-18(2)13-16-30-24(32)12-10-22-19(3)27-25(28-26(22)30)21-14-15-29(17-21)23(31)11-9-20-7-5-4-6-8-20/h4-8,18,21H,9-17H2,1-3H3/t21-/m0/s1. The zero-order valence-corrected chi connectivity index (χ0v) is 19.5. The lowest BCUT2D eigenvalue weighted by Gasteiger charge is -2.30. The Morgan fingerprint density at radius 2 is 1.94 bits per heavy atom. The van der Waals surface area contributed by atoms with Crippen molar-refractivity contribution in [3.05, 3.63) is 53.0 Å². The minimum atomic E-state index is 0.128. The smallest absolute Gasteiger partial charge is 0.228 e. The van der Waals surface area contributed by atoms with Gasteiger partial charge in [-0.25, -0.2) is 9.97 Å². The van der Waals surface area contributed by atoms with Crippen LogP contribution in [0.2, 0.25) is 0 Å². The number of hydrogen-bond donors (Lipinski definition) is 0. The van der Waals surface area contributed by atoms with E-state index in [-0.39, 0.29) is 17.7 Å². The molecule has 32 heavy (non-hydrogen) atoms. The number of fused-ring (bicyclic) bond motifs is 1. The second-order valence-corrected chi connectivity index (χ2v) is 9.51. The first kappa shape index (κ1) is 22.4. The average Bonchev–Trinajstić information content (AvgIpc) is 3.27. The molecule has 1 aromatic carbocycles. The Balaban J connectivity index is 1.45. The van der Waals surface area contributed by atoms with E-state index in [4.69, 9.17) is 9.97 Å². The van der Waals surface area contributed by atoms with Crippen molar-refractivity contribution in [3.63, 3.8) is 0 Å². The van der Waals surface area contributed by atoms with Crippen molar-refractivity contribution in [3.8, 4) is 0 Å².